The van der Waals surface area contributed by atoms with Gasteiger partial charge in [0.05, 0.1) is 26.2 Å². The van der Waals surface area contributed by atoms with Gasteiger partial charge in [0.15, 0.2) is 6.54 Å². The van der Waals surface area contributed by atoms with Crippen molar-refractivity contribution in [3.05, 3.63) is 59.4 Å². The summed E-state index contributed by atoms with van der Waals surface area (Å²) < 4.78 is 13.0. The molecule has 1 aliphatic heterocycles. The van der Waals surface area contributed by atoms with E-state index in [-0.39, 0.29) is 11.7 Å². The van der Waals surface area contributed by atoms with Gasteiger partial charge in [0.1, 0.15) is 5.82 Å². The van der Waals surface area contributed by atoms with Crippen LogP contribution < -0.4 is 15.1 Å². The second-order valence-corrected chi connectivity index (χ2v) is 6.76. The number of aryl methyl sites for hydroxylation is 2. The zero-order valence-corrected chi connectivity index (χ0v) is 14.8. The fourth-order valence-electron chi connectivity index (χ4n) is 3.20. The summed E-state index contributed by atoms with van der Waals surface area (Å²) in [4.78, 5) is 15.9. The van der Waals surface area contributed by atoms with E-state index in [0.29, 0.717) is 6.54 Å². The van der Waals surface area contributed by atoms with Crippen molar-refractivity contribution >= 4 is 17.3 Å². The molecule has 0 aromatic heterocycles. The number of anilines is 2. The number of benzene rings is 2. The summed E-state index contributed by atoms with van der Waals surface area (Å²) >= 11 is 0. The molecular formula is C20H25FN3O+. The molecule has 0 radical (unpaired) electrons. The number of halogens is 1. The lowest BCUT2D eigenvalue weighted by Gasteiger charge is -2.33. The predicted octanol–water partition coefficient (Wildman–Crippen LogP) is 1.79. The van der Waals surface area contributed by atoms with Gasteiger partial charge < -0.3 is 15.1 Å². The molecule has 3 rings (SSSR count). The topological polar surface area (TPSA) is 36.8 Å². The summed E-state index contributed by atoms with van der Waals surface area (Å²) in [6.07, 6.45) is 0. The van der Waals surface area contributed by atoms with E-state index in [2.05, 4.69) is 10.2 Å². The summed E-state index contributed by atoms with van der Waals surface area (Å²) in [5.74, 6) is -0.157. The summed E-state index contributed by atoms with van der Waals surface area (Å²) in [5, 5.41) is 3.03. The van der Waals surface area contributed by atoms with Crippen LogP contribution in [0.25, 0.3) is 0 Å². The first-order chi connectivity index (χ1) is 12.0. The number of piperazine rings is 1. The molecule has 4 nitrogen and oxygen atoms in total. The SMILES string of the molecule is Cc1ccc(C)c(NC(=O)C[NH+]2CCN(c3ccc(F)cc3)CC2)c1. The van der Waals surface area contributed by atoms with Crippen molar-refractivity contribution in [2.45, 2.75) is 13.8 Å². The molecule has 2 aromatic carbocycles. The van der Waals surface area contributed by atoms with E-state index in [1.54, 1.807) is 0 Å². The molecule has 0 spiro atoms. The van der Waals surface area contributed by atoms with Crippen molar-refractivity contribution in [2.75, 3.05) is 42.9 Å². The van der Waals surface area contributed by atoms with Crippen LogP contribution in [0.5, 0.6) is 0 Å². The van der Waals surface area contributed by atoms with Gasteiger partial charge in [0.25, 0.3) is 5.91 Å². The third kappa shape index (κ3) is 4.57. The third-order valence-corrected chi connectivity index (χ3v) is 4.74. The van der Waals surface area contributed by atoms with Crippen LogP contribution >= 0.6 is 0 Å². The Morgan fingerprint density at radius 2 is 1.80 bits per heavy atom. The lowest BCUT2D eigenvalue weighted by molar-refractivity contribution is -0.892. The van der Waals surface area contributed by atoms with E-state index in [0.717, 1.165) is 48.7 Å². The minimum Gasteiger partial charge on any atom is -0.360 e. The standard InChI is InChI=1S/C20H24FN3O/c1-15-3-4-16(2)19(13-15)22-20(25)14-23-9-11-24(12-10-23)18-7-5-17(21)6-8-18/h3-8,13H,9-12,14H2,1-2H3,(H,22,25)/p+1. The first-order valence-electron chi connectivity index (χ1n) is 8.72. The normalized spacial score (nSPS) is 15.2. The fraction of sp³-hybridized carbons (Fsp3) is 0.350. The van der Waals surface area contributed by atoms with E-state index >= 15 is 0 Å². The molecule has 1 heterocycles. The Hall–Kier alpha value is -2.40. The van der Waals surface area contributed by atoms with Gasteiger partial charge in [0, 0.05) is 11.4 Å². The Kier molecular flexibility index (Phi) is 5.34. The highest BCUT2D eigenvalue weighted by atomic mass is 19.1. The quantitative estimate of drug-likeness (QED) is 0.889. The second-order valence-electron chi connectivity index (χ2n) is 6.76. The van der Waals surface area contributed by atoms with Gasteiger partial charge >= 0.3 is 0 Å². The van der Waals surface area contributed by atoms with Gasteiger partial charge in [0.2, 0.25) is 0 Å². The molecule has 2 N–H and O–H groups in total. The number of quaternary nitrogens is 1. The van der Waals surface area contributed by atoms with Crippen LogP contribution in [0.2, 0.25) is 0 Å². The molecule has 1 saturated heterocycles. The van der Waals surface area contributed by atoms with E-state index < -0.39 is 0 Å². The molecular weight excluding hydrogens is 317 g/mol. The number of hydrogen-bond acceptors (Lipinski definition) is 2. The first kappa shape index (κ1) is 17.4. The Balaban J connectivity index is 1.51. The molecule has 132 valence electrons. The highest BCUT2D eigenvalue weighted by Gasteiger charge is 2.22. The summed E-state index contributed by atoms with van der Waals surface area (Å²) in [7, 11) is 0. The molecule has 1 aliphatic rings. The molecule has 0 atom stereocenters. The number of nitrogens with one attached hydrogen (secondary N) is 2. The van der Waals surface area contributed by atoms with Gasteiger partial charge in [-0.15, -0.1) is 0 Å². The molecule has 1 amide bonds. The van der Waals surface area contributed by atoms with E-state index in [9.17, 15) is 9.18 Å². The van der Waals surface area contributed by atoms with E-state index in [1.807, 2.05) is 44.2 Å². The zero-order valence-electron chi connectivity index (χ0n) is 14.8. The lowest BCUT2D eigenvalue weighted by Crippen LogP contribution is -3.15. The number of hydrogen-bond donors (Lipinski definition) is 2. The van der Waals surface area contributed by atoms with Crippen molar-refractivity contribution in [1.82, 2.24) is 0 Å². The summed E-state index contributed by atoms with van der Waals surface area (Å²) in [5.41, 5.74) is 4.16. The van der Waals surface area contributed by atoms with Crippen molar-refractivity contribution in [3.8, 4) is 0 Å². The molecule has 25 heavy (non-hydrogen) atoms. The molecule has 2 aromatic rings. The largest absolute Gasteiger partial charge is 0.360 e. The van der Waals surface area contributed by atoms with Crippen molar-refractivity contribution < 1.29 is 14.1 Å². The Morgan fingerprint density at radius 3 is 2.48 bits per heavy atom. The molecule has 0 aliphatic carbocycles. The molecule has 1 fully saturated rings. The third-order valence-electron chi connectivity index (χ3n) is 4.74. The maximum atomic E-state index is 13.0. The van der Waals surface area contributed by atoms with E-state index in [1.165, 1.54) is 17.0 Å². The fourth-order valence-corrected chi connectivity index (χ4v) is 3.20. The van der Waals surface area contributed by atoms with Crippen LogP contribution in [0.3, 0.4) is 0 Å². The average Bonchev–Trinajstić information content (AvgIpc) is 2.59. The smallest absolute Gasteiger partial charge is 0.279 e. The van der Waals surface area contributed by atoms with E-state index in [4.69, 9.17) is 0 Å². The Labute approximate surface area is 148 Å². The zero-order chi connectivity index (χ0) is 17.8. The molecule has 0 unspecified atom stereocenters. The summed E-state index contributed by atoms with van der Waals surface area (Å²) in [6.45, 7) is 8.05. The van der Waals surface area contributed by atoms with Crippen LogP contribution in [0.1, 0.15) is 11.1 Å². The second kappa shape index (κ2) is 7.66. The van der Waals surface area contributed by atoms with Gasteiger partial charge in [-0.2, -0.15) is 0 Å². The number of nitrogens with zero attached hydrogens (tertiary/aromatic N) is 1. The molecule has 5 heteroatoms. The van der Waals surface area contributed by atoms with Crippen LogP contribution in [-0.4, -0.2) is 38.6 Å². The molecule has 0 saturated carbocycles. The maximum absolute atomic E-state index is 13.0. The van der Waals surface area contributed by atoms with Gasteiger partial charge in [-0.05, 0) is 55.3 Å². The van der Waals surface area contributed by atoms with Gasteiger partial charge in [-0.3, -0.25) is 4.79 Å². The lowest BCUT2D eigenvalue weighted by atomic mass is 10.1. The Bertz CT molecular complexity index is 737. The number of carbonyl (C=O) groups is 1. The number of carbonyl (C=O) groups excluding carboxylic acids is 1. The van der Waals surface area contributed by atoms with Crippen LogP contribution in [0.15, 0.2) is 42.5 Å². The average molecular weight is 342 g/mol. The van der Waals surface area contributed by atoms with Crippen molar-refractivity contribution in [2.24, 2.45) is 0 Å². The highest BCUT2D eigenvalue weighted by molar-refractivity contribution is 5.92. The number of amides is 1. The number of rotatable bonds is 4. The van der Waals surface area contributed by atoms with Crippen LogP contribution in [0.4, 0.5) is 15.8 Å². The predicted molar refractivity (Wildman–Crippen MR) is 98.7 cm³/mol. The first-order valence-corrected chi connectivity index (χ1v) is 8.72. The van der Waals surface area contributed by atoms with Crippen molar-refractivity contribution in [1.29, 1.82) is 0 Å². The molecule has 0 bridgehead atoms. The van der Waals surface area contributed by atoms with Gasteiger partial charge in [-0.1, -0.05) is 12.1 Å². The Morgan fingerprint density at radius 1 is 1.12 bits per heavy atom. The van der Waals surface area contributed by atoms with Crippen LogP contribution in [0, 0.1) is 19.7 Å². The minimum atomic E-state index is -0.212. The highest BCUT2D eigenvalue weighted by Crippen LogP contribution is 2.16. The van der Waals surface area contributed by atoms with Crippen molar-refractivity contribution in [3.63, 3.8) is 0 Å². The monoisotopic (exact) mass is 342 g/mol. The van der Waals surface area contributed by atoms with Gasteiger partial charge in [-0.25, -0.2) is 4.39 Å². The minimum absolute atomic E-state index is 0.0546. The van der Waals surface area contributed by atoms with Crippen LogP contribution in [-0.2, 0) is 4.79 Å². The summed E-state index contributed by atoms with van der Waals surface area (Å²) in [6, 6.07) is 12.7. The maximum Gasteiger partial charge on any atom is 0.279 e.